The molecule has 2 amide bonds. The molecule has 0 saturated carbocycles. The van der Waals surface area contributed by atoms with Gasteiger partial charge in [0, 0.05) is 25.1 Å². The van der Waals surface area contributed by atoms with Crippen LogP contribution in [-0.2, 0) is 9.59 Å². The Morgan fingerprint density at radius 2 is 1.50 bits per heavy atom. The number of amides is 2. The average molecular weight is 390 g/mol. The summed E-state index contributed by atoms with van der Waals surface area (Å²) in [6.07, 6.45) is 1.23. The van der Waals surface area contributed by atoms with Gasteiger partial charge < -0.3 is 20.7 Å². The Morgan fingerprint density at radius 3 is 1.96 bits per heavy atom. The molecule has 1 atom stereocenters. The number of carbonyl (C=O) groups is 2. The average Bonchev–Trinajstić information content (AvgIpc) is 2.55. The lowest BCUT2D eigenvalue weighted by Crippen LogP contribution is -2.37. The minimum Gasteiger partial charge on any atom is -0.423 e. The fourth-order valence-corrected chi connectivity index (χ4v) is 2.94. The molecule has 1 unspecified atom stereocenters. The second-order valence-corrected chi connectivity index (χ2v) is 9.68. The third-order valence-corrected chi connectivity index (χ3v) is 4.70. The van der Waals surface area contributed by atoms with Crippen molar-refractivity contribution in [3.8, 4) is 0 Å². The molecule has 6 nitrogen and oxygen atoms in total. The van der Waals surface area contributed by atoms with Crippen molar-refractivity contribution in [1.82, 2.24) is 5.32 Å². The minimum atomic E-state index is -1.54. The summed E-state index contributed by atoms with van der Waals surface area (Å²) >= 11 is 0. The van der Waals surface area contributed by atoms with Gasteiger partial charge in [0.2, 0.25) is 11.8 Å². The van der Waals surface area contributed by atoms with Crippen molar-refractivity contribution >= 4 is 30.1 Å². The molecule has 0 spiro atoms. The number of nitrogens with one attached hydrogen (secondary N) is 2. The van der Waals surface area contributed by atoms with Gasteiger partial charge in [-0.3, -0.25) is 9.59 Å². The third-order valence-electron chi connectivity index (χ3n) is 4.70. The van der Waals surface area contributed by atoms with Crippen LogP contribution in [0.15, 0.2) is 24.3 Å². The monoisotopic (exact) mass is 390 g/mol. The van der Waals surface area contributed by atoms with Crippen LogP contribution in [0.4, 0.5) is 5.69 Å². The molecule has 0 radical (unpaired) electrons. The summed E-state index contributed by atoms with van der Waals surface area (Å²) in [7, 11) is -1.54. The number of anilines is 1. The zero-order chi connectivity index (χ0) is 21.5. The molecule has 156 valence electrons. The number of carbonyl (C=O) groups excluding carboxylic acids is 2. The Balaban J connectivity index is 2.45. The highest BCUT2D eigenvalue weighted by molar-refractivity contribution is 6.58. The Labute approximate surface area is 169 Å². The maximum absolute atomic E-state index is 12.2. The van der Waals surface area contributed by atoms with Crippen molar-refractivity contribution in [2.24, 2.45) is 16.7 Å². The van der Waals surface area contributed by atoms with Gasteiger partial charge in [-0.2, -0.15) is 0 Å². The minimum absolute atomic E-state index is 0.0895. The summed E-state index contributed by atoms with van der Waals surface area (Å²) in [5.74, 6) is -0.0303. The Hall–Kier alpha value is -1.86. The van der Waals surface area contributed by atoms with Crippen LogP contribution in [0.1, 0.15) is 60.8 Å². The lowest BCUT2D eigenvalue weighted by molar-refractivity contribution is -0.124. The molecule has 28 heavy (non-hydrogen) atoms. The first kappa shape index (κ1) is 24.2. The second kappa shape index (κ2) is 10.1. The maximum atomic E-state index is 12.2. The van der Waals surface area contributed by atoms with Gasteiger partial charge in [-0.1, -0.05) is 53.7 Å². The van der Waals surface area contributed by atoms with E-state index >= 15 is 0 Å². The molecular formula is C21H35BN2O4. The van der Waals surface area contributed by atoms with Gasteiger partial charge in [-0.05, 0) is 40.8 Å². The second-order valence-electron chi connectivity index (χ2n) is 9.68. The highest BCUT2D eigenvalue weighted by Crippen LogP contribution is 2.35. The summed E-state index contributed by atoms with van der Waals surface area (Å²) in [5, 5.41) is 23.8. The number of hydrogen-bond donors (Lipinski definition) is 4. The number of hydrogen-bond acceptors (Lipinski definition) is 4. The Morgan fingerprint density at radius 1 is 0.964 bits per heavy atom. The summed E-state index contributed by atoms with van der Waals surface area (Å²) in [5.41, 5.74) is 1.17. The summed E-state index contributed by atoms with van der Waals surface area (Å²) in [4.78, 5) is 24.2. The summed E-state index contributed by atoms with van der Waals surface area (Å²) < 4.78 is 0. The molecule has 1 aromatic carbocycles. The van der Waals surface area contributed by atoms with E-state index in [4.69, 9.17) is 10.0 Å². The van der Waals surface area contributed by atoms with Crippen LogP contribution in [0.3, 0.4) is 0 Å². The van der Waals surface area contributed by atoms with Crippen molar-refractivity contribution in [3.05, 3.63) is 24.3 Å². The molecule has 1 rings (SSSR count). The topological polar surface area (TPSA) is 98.7 Å². The van der Waals surface area contributed by atoms with Crippen molar-refractivity contribution in [1.29, 1.82) is 0 Å². The van der Waals surface area contributed by atoms with Gasteiger partial charge >= 0.3 is 7.12 Å². The first-order valence-electron chi connectivity index (χ1n) is 9.80. The van der Waals surface area contributed by atoms with Crippen LogP contribution in [0.5, 0.6) is 0 Å². The largest absolute Gasteiger partial charge is 0.488 e. The van der Waals surface area contributed by atoms with E-state index in [2.05, 4.69) is 52.2 Å². The predicted molar refractivity (Wildman–Crippen MR) is 114 cm³/mol. The molecule has 0 aliphatic rings. The molecule has 0 aliphatic heterocycles. The molecule has 0 saturated heterocycles. The van der Waals surface area contributed by atoms with Crippen LogP contribution in [0, 0.1) is 16.7 Å². The van der Waals surface area contributed by atoms with Crippen molar-refractivity contribution in [2.75, 3.05) is 11.9 Å². The normalized spacial score (nSPS) is 13.0. The Bertz CT molecular complexity index is 646. The van der Waals surface area contributed by atoms with Crippen molar-refractivity contribution in [3.63, 3.8) is 0 Å². The molecule has 0 bridgehead atoms. The number of rotatable bonds is 8. The van der Waals surface area contributed by atoms with E-state index in [1.54, 1.807) is 12.1 Å². The first-order valence-corrected chi connectivity index (χ1v) is 9.80. The zero-order valence-electron chi connectivity index (χ0n) is 18.0. The van der Waals surface area contributed by atoms with E-state index in [-0.39, 0.29) is 35.5 Å². The van der Waals surface area contributed by atoms with Crippen LogP contribution >= 0.6 is 0 Å². The molecular weight excluding hydrogens is 355 g/mol. The van der Waals surface area contributed by atoms with Gasteiger partial charge in [0.25, 0.3) is 0 Å². The molecule has 0 aromatic heterocycles. The first-order chi connectivity index (χ1) is 12.8. The van der Waals surface area contributed by atoms with Crippen LogP contribution in [-0.4, -0.2) is 35.5 Å². The Kier molecular flexibility index (Phi) is 8.70. The molecule has 1 aromatic rings. The lowest BCUT2D eigenvalue weighted by Gasteiger charge is -2.35. The standard InChI is InChI=1S/C21H35BN2O4/c1-20(2,3)13-15(21(4,5)6)14-23-18(25)11-12-19(26)24-17-9-7-16(8-10-17)22(27)28/h7-10,15,27-28H,11-14H2,1-6H3,(H,23,25)(H,24,26). The summed E-state index contributed by atoms with van der Waals surface area (Å²) in [6.45, 7) is 13.8. The highest BCUT2D eigenvalue weighted by atomic mass is 16.4. The zero-order valence-corrected chi connectivity index (χ0v) is 18.0. The van der Waals surface area contributed by atoms with Gasteiger partial charge in [0.15, 0.2) is 0 Å². The summed E-state index contributed by atoms with van der Waals surface area (Å²) in [6, 6.07) is 6.23. The smallest absolute Gasteiger partial charge is 0.423 e. The van der Waals surface area contributed by atoms with E-state index < -0.39 is 7.12 Å². The quantitative estimate of drug-likeness (QED) is 0.512. The van der Waals surface area contributed by atoms with Crippen LogP contribution in [0.2, 0.25) is 0 Å². The molecule has 7 heteroatoms. The van der Waals surface area contributed by atoms with E-state index in [9.17, 15) is 9.59 Å². The van der Waals surface area contributed by atoms with E-state index in [0.29, 0.717) is 23.6 Å². The van der Waals surface area contributed by atoms with Crippen LogP contribution in [0.25, 0.3) is 0 Å². The number of benzene rings is 1. The maximum Gasteiger partial charge on any atom is 0.488 e. The van der Waals surface area contributed by atoms with Gasteiger partial charge in [-0.15, -0.1) is 0 Å². The predicted octanol–water partition coefficient (Wildman–Crippen LogP) is 2.30. The van der Waals surface area contributed by atoms with Gasteiger partial charge in [-0.25, -0.2) is 0 Å². The molecule has 0 aliphatic carbocycles. The third kappa shape index (κ3) is 9.37. The lowest BCUT2D eigenvalue weighted by atomic mass is 9.72. The fraction of sp³-hybridized carbons (Fsp3) is 0.619. The van der Waals surface area contributed by atoms with Gasteiger partial charge in [0.05, 0.1) is 0 Å². The van der Waals surface area contributed by atoms with Crippen LogP contribution < -0.4 is 16.1 Å². The van der Waals surface area contributed by atoms with E-state index in [1.807, 2.05) is 0 Å². The molecule has 0 heterocycles. The molecule has 4 N–H and O–H groups in total. The fourth-order valence-electron chi connectivity index (χ4n) is 2.94. The molecule has 0 fully saturated rings. The van der Waals surface area contributed by atoms with E-state index in [0.717, 1.165) is 6.42 Å². The van der Waals surface area contributed by atoms with Crippen molar-refractivity contribution in [2.45, 2.75) is 60.8 Å². The highest BCUT2D eigenvalue weighted by Gasteiger charge is 2.29. The van der Waals surface area contributed by atoms with E-state index in [1.165, 1.54) is 12.1 Å². The SMILES string of the molecule is CC(C)(C)CC(CNC(=O)CCC(=O)Nc1ccc(B(O)O)cc1)C(C)(C)C. The van der Waals surface area contributed by atoms with Crippen molar-refractivity contribution < 1.29 is 19.6 Å². The van der Waals surface area contributed by atoms with Gasteiger partial charge in [0.1, 0.15) is 0 Å².